The summed E-state index contributed by atoms with van der Waals surface area (Å²) in [6.45, 7) is 1.91. The van der Waals surface area contributed by atoms with E-state index in [0.717, 1.165) is 37.2 Å². The van der Waals surface area contributed by atoms with Gasteiger partial charge in [0.2, 0.25) is 0 Å². The van der Waals surface area contributed by atoms with Crippen LogP contribution in [0.25, 0.3) is 0 Å². The summed E-state index contributed by atoms with van der Waals surface area (Å²) >= 11 is 1.48. The Hall–Kier alpha value is -2.65. The van der Waals surface area contributed by atoms with Gasteiger partial charge in [0.25, 0.3) is 5.91 Å². The first kappa shape index (κ1) is 18.7. The molecule has 5 nitrogen and oxygen atoms in total. The highest BCUT2D eigenvalue weighted by atomic mass is 32.1. The van der Waals surface area contributed by atoms with Gasteiger partial charge in [0, 0.05) is 30.7 Å². The molecule has 3 heterocycles. The maximum atomic E-state index is 12.8. The van der Waals surface area contributed by atoms with Crippen molar-refractivity contribution >= 4 is 23.1 Å². The average Bonchev–Trinajstić information content (AvgIpc) is 3.28. The van der Waals surface area contributed by atoms with E-state index in [4.69, 9.17) is 0 Å². The van der Waals surface area contributed by atoms with Crippen molar-refractivity contribution in [3.63, 3.8) is 0 Å². The van der Waals surface area contributed by atoms with Gasteiger partial charge in [-0.15, -0.1) is 11.3 Å². The quantitative estimate of drug-likeness (QED) is 0.691. The van der Waals surface area contributed by atoms with Crippen LogP contribution in [0.1, 0.15) is 31.2 Å². The zero-order valence-corrected chi connectivity index (χ0v) is 15.5. The molecule has 0 atom stereocenters. The fourth-order valence-electron chi connectivity index (χ4n) is 3.11. The first-order valence-corrected chi connectivity index (χ1v) is 9.52. The summed E-state index contributed by atoms with van der Waals surface area (Å²) in [5.74, 6) is 0.130. The SMILES string of the molecule is O=C(Nc1cn(Cc2cccc(C(F)(F)F)c2)cn1)c1cc2c(s1)CCNC2. The van der Waals surface area contributed by atoms with Gasteiger partial charge >= 0.3 is 6.18 Å². The Morgan fingerprint density at radius 1 is 1.32 bits per heavy atom. The summed E-state index contributed by atoms with van der Waals surface area (Å²) < 4.78 is 40.1. The Morgan fingerprint density at radius 2 is 2.18 bits per heavy atom. The molecule has 28 heavy (non-hydrogen) atoms. The number of hydrogen-bond acceptors (Lipinski definition) is 4. The molecule has 2 N–H and O–H groups in total. The van der Waals surface area contributed by atoms with Crippen LogP contribution < -0.4 is 10.6 Å². The second-order valence-corrected chi connectivity index (χ2v) is 7.71. The zero-order chi connectivity index (χ0) is 19.7. The number of thiophene rings is 1. The Kier molecular flexibility index (Phi) is 4.94. The van der Waals surface area contributed by atoms with Gasteiger partial charge in [0.1, 0.15) is 0 Å². The van der Waals surface area contributed by atoms with Crippen LogP contribution in [0.15, 0.2) is 42.9 Å². The van der Waals surface area contributed by atoms with E-state index in [1.165, 1.54) is 28.6 Å². The van der Waals surface area contributed by atoms with E-state index in [2.05, 4.69) is 15.6 Å². The zero-order valence-electron chi connectivity index (χ0n) is 14.7. The van der Waals surface area contributed by atoms with Gasteiger partial charge in [-0.3, -0.25) is 4.79 Å². The predicted octanol–water partition coefficient (Wildman–Crippen LogP) is 3.91. The number of carbonyl (C=O) groups excluding carboxylic acids is 1. The first-order chi connectivity index (χ1) is 13.4. The minimum atomic E-state index is -4.38. The molecule has 0 spiro atoms. The third-order valence-corrected chi connectivity index (χ3v) is 5.69. The number of nitrogens with zero attached hydrogens (tertiary/aromatic N) is 2. The largest absolute Gasteiger partial charge is 0.416 e. The molecule has 146 valence electrons. The fraction of sp³-hybridized carbons (Fsp3) is 0.263. The molecule has 1 aromatic carbocycles. The number of carbonyl (C=O) groups is 1. The van der Waals surface area contributed by atoms with E-state index in [1.807, 2.05) is 6.07 Å². The number of hydrogen-bond donors (Lipinski definition) is 2. The fourth-order valence-corrected chi connectivity index (χ4v) is 4.19. The molecule has 1 amide bonds. The molecule has 0 unspecified atom stereocenters. The lowest BCUT2D eigenvalue weighted by Crippen LogP contribution is -2.21. The minimum absolute atomic E-state index is 0.228. The molecule has 4 rings (SSSR count). The van der Waals surface area contributed by atoms with Crippen molar-refractivity contribution in [2.24, 2.45) is 0 Å². The minimum Gasteiger partial charge on any atom is -0.331 e. The van der Waals surface area contributed by atoms with E-state index in [-0.39, 0.29) is 12.5 Å². The van der Waals surface area contributed by atoms with Gasteiger partial charge in [0.05, 0.1) is 16.8 Å². The van der Waals surface area contributed by atoms with Gasteiger partial charge in [-0.05, 0) is 35.7 Å². The number of fused-ring (bicyclic) bond motifs is 1. The maximum absolute atomic E-state index is 12.8. The van der Waals surface area contributed by atoms with Gasteiger partial charge in [-0.1, -0.05) is 12.1 Å². The Bertz CT molecular complexity index is 985. The van der Waals surface area contributed by atoms with Crippen molar-refractivity contribution in [2.75, 3.05) is 11.9 Å². The number of benzene rings is 1. The standard InChI is InChI=1S/C19H17F3N4OS/c20-19(21,22)14-3-1-2-12(6-14)9-26-10-17(24-11-26)25-18(27)16-7-13-8-23-5-4-15(13)28-16/h1-3,6-7,10-11,23H,4-5,8-9H2,(H,25,27). The van der Waals surface area contributed by atoms with Gasteiger partial charge in [-0.2, -0.15) is 13.2 Å². The third-order valence-electron chi connectivity index (χ3n) is 4.46. The van der Waals surface area contributed by atoms with E-state index < -0.39 is 11.7 Å². The van der Waals surface area contributed by atoms with Crippen LogP contribution in [0.3, 0.4) is 0 Å². The van der Waals surface area contributed by atoms with Crippen molar-refractivity contribution in [3.8, 4) is 0 Å². The van der Waals surface area contributed by atoms with Crippen LogP contribution in [-0.2, 0) is 25.7 Å². The number of halogens is 3. The Labute approximate surface area is 163 Å². The molecule has 0 bridgehead atoms. The van der Waals surface area contributed by atoms with Crippen LogP contribution in [0.5, 0.6) is 0 Å². The number of nitrogens with one attached hydrogen (secondary N) is 2. The lowest BCUT2D eigenvalue weighted by molar-refractivity contribution is -0.137. The smallest absolute Gasteiger partial charge is 0.331 e. The molecule has 3 aromatic rings. The summed E-state index contributed by atoms with van der Waals surface area (Å²) in [5.41, 5.74) is 0.967. The molecular formula is C19H17F3N4OS. The maximum Gasteiger partial charge on any atom is 0.416 e. The number of rotatable bonds is 4. The second-order valence-electron chi connectivity index (χ2n) is 6.57. The normalized spacial score (nSPS) is 14.0. The number of aromatic nitrogens is 2. The lowest BCUT2D eigenvalue weighted by atomic mass is 10.1. The average molecular weight is 406 g/mol. The Balaban J connectivity index is 1.43. The van der Waals surface area contributed by atoms with Crippen LogP contribution in [0.2, 0.25) is 0 Å². The number of amides is 1. The first-order valence-electron chi connectivity index (χ1n) is 8.70. The summed E-state index contributed by atoms with van der Waals surface area (Å²) in [6.07, 6.45) is -0.370. The van der Waals surface area contributed by atoms with Crippen LogP contribution in [0.4, 0.5) is 19.0 Å². The molecule has 0 fully saturated rings. The topological polar surface area (TPSA) is 59.0 Å². The van der Waals surface area contributed by atoms with E-state index in [9.17, 15) is 18.0 Å². The van der Waals surface area contributed by atoms with Crippen LogP contribution in [-0.4, -0.2) is 22.0 Å². The van der Waals surface area contributed by atoms with Gasteiger partial charge in [-0.25, -0.2) is 4.98 Å². The summed E-state index contributed by atoms with van der Waals surface area (Å²) in [7, 11) is 0. The molecule has 1 aliphatic rings. The van der Waals surface area contributed by atoms with E-state index in [0.29, 0.717) is 16.3 Å². The van der Waals surface area contributed by atoms with Crippen molar-refractivity contribution in [2.45, 2.75) is 25.7 Å². The summed E-state index contributed by atoms with van der Waals surface area (Å²) in [6, 6.07) is 7.05. The molecule has 1 aliphatic heterocycles. The second kappa shape index (κ2) is 7.40. The molecule has 9 heteroatoms. The molecule has 0 radical (unpaired) electrons. The van der Waals surface area contributed by atoms with Crippen molar-refractivity contribution in [1.29, 1.82) is 0 Å². The van der Waals surface area contributed by atoms with E-state index >= 15 is 0 Å². The van der Waals surface area contributed by atoms with Gasteiger partial charge < -0.3 is 15.2 Å². The lowest BCUT2D eigenvalue weighted by Gasteiger charge is -2.10. The summed E-state index contributed by atoms with van der Waals surface area (Å²) in [4.78, 5) is 18.4. The van der Waals surface area contributed by atoms with E-state index in [1.54, 1.807) is 16.8 Å². The van der Waals surface area contributed by atoms with Crippen LogP contribution >= 0.6 is 11.3 Å². The third kappa shape index (κ3) is 4.10. The summed E-state index contributed by atoms with van der Waals surface area (Å²) in [5, 5.41) is 6.02. The number of anilines is 1. The monoisotopic (exact) mass is 406 g/mol. The molecule has 2 aromatic heterocycles. The van der Waals surface area contributed by atoms with Crippen molar-refractivity contribution in [3.05, 3.63) is 69.3 Å². The van der Waals surface area contributed by atoms with Gasteiger partial charge in [0.15, 0.2) is 5.82 Å². The molecule has 0 saturated carbocycles. The predicted molar refractivity (Wildman–Crippen MR) is 100 cm³/mol. The number of alkyl halides is 3. The van der Waals surface area contributed by atoms with Crippen LogP contribution in [0, 0.1) is 0 Å². The molecular weight excluding hydrogens is 389 g/mol. The van der Waals surface area contributed by atoms with Crippen molar-refractivity contribution < 1.29 is 18.0 Å². The number of imidazole rings is 1. The highest BCUT2D eigenvalue weighted by Crippen LogP contribution is 2.30. The highest BCUT2D eigenvalue weighted by Gasteiger charge is 2.30. The Morgan fingerprint density at radius 3 is 2.96 bits per heavy atom. The molecule has 0 aliphatic carbocycles. The molecule has 0 saturated heterocycles. The highest BCUT2D eigenvalue weighted by molar-refractivity contribution is 7.14. The van der Waals surface area contributed by atoms with Crippen molar-refractivity contribution in [1.82, 2.24) is 14.9 Å².